The van der Waals surface area contributed by atoms with Crippen LogP contribution in [0.4, 0.5) is 10.5 Å². The van der Waals surface area contributed by atoms with Gasteiger partial charge in [0, 0.05) is 4.47 Å². The van der Waals surface area contributed by atoms with Crippen LogP contribution in [0.3, 0.4) is 0 Å². The smallest absolute Gasteiger partial charge is 0.335 e. The minimum Gasteiger partial charge on any atom is -0.494 e. The molecule has 1 heterocycles. The number of urea groups is 1. The van der Waals surface area contributed by atoms with Crippen molar-refractivity contribution < 1.29 is 19.1 Å². The van der Waals surface area contributed by atoms with E-state index >= 15 is 0 Å². The number of rotatable bonds is 3. The summed E-state index contributed by atoms with van der Waals surface area (Å²) in [5, 5.41) is 2.60. The molecule has 0 saturated carbocycles. The van der Waals surface area contributed by atoms with Crippen LogP contribution < -0.4 is 15.0 Å². The number of amides is 4. The number of carbonyl (C=O) groups is 3. The van der Waals surface area contributed by atoms with Gasteiger partial charge >= 0.3 is 6.03 Å². The molecule has 0 radical (unpaired) electrons. The van der Waals surface area contributed by atoms with Crippen molar-refractivity contribution in [3.8, 4) is 5.75 Å². The fourth-order valence-corrected chi connectivity index (χ4v) is 3.58. The Hall–Kier alpha value is -2.35. The summed E-state index contributed by atoms with van der Waals surface area (Å²) in [5.74, 6) is -1.28. The zero-order valence-corrected chi connectivity index (χ0v) is 16.9. The lowest BCUT2D eigenvalue weighted by atomic mass is 10.1. The van der Waals surface area contributed by atoms with Crippen LogP contribution in [-0.2, 0) is 9.59 Å². The van der Waals surface area contributed by atoms with Gasteiger partial charge in [0.1, 0.15) is 5.57 Å². The number of nitrogens with one attached hydrogen (secondary N) is 1. The maximum absolute atomic E-state index is 12.8. The Morgan fingerprint density at radius 3 is 2.37 bits per heavy atom. The predicted molar refractivity (Wildman–Crippen MR) is 106 cm³/mol. The number of hydrogen-bond donors (Lipinski definition) is 1. The number of benzene rings is 2. The summed E-state index contributed by atoms with van der Waals surface area (Å²) < 4.78 is 5.75. The minimum absolute atomic E-state index is 0.223. The number of hydrogen-bond acceptors (Lipinski definition) is 4. The van der Waals surface area contributed by atoms with Gasteiger partial charge in [0.05, 0.1) is 22.8 Å². The normalized spacial score (nSPS) is 15.9. The summed E-state index contributed by atoms with van der Waals surface area (Å²) >= 11 is 15.5. The number of nitrogens with zero attached hydrogens (tertiary/aromatic N) is 1. The van der Waals surface area contributed by atoms with E-state index in [-0.39, 0.29) is 21.4 Å². The molecule has 0 unspecified atom stereocenters. The van der Waals surface area contributed by atoms with Crippen molar-refractivity contribution in [1.82, 2.24) is 5.32 Å². The zero-order valence-electron chi connectivity index (χ0n) is 13.8. The molecule has 3 rings (SSSR count). The third kappa shape index (κ3) is 3.85. The molecular formula is C18H11BrCl2N2O4. The highest BCUT2D eigenvalue weighted by molar-refractivity contribution is 9.10. The van der Waals surface area contributed by atoms with Crippen LogP contribution in [-0.4, -0.2) is 25.0 Å². The molecule has 1 aliphatic heterocycles. The average molecular weight is 470 g/mol. The van der Waals surface area contributed by atoms with Crippen LogP contribution in [0.25, 0.3) is 6.08 Å². The first-order valence-corrected chi connectivity index (χ1v) is 9.06. The quantitative estimate of drug-likeness (QED) is 0.532. The molecule has 4 amide bonds. The number of anilines is 1. The Kier molecular flexibility index (Phi) is 5.55. The van der Waals surface area contributed by atoms with Crippen LogP contribution in [0, 0.1) is 0 Å². The molecule has 0 spiro atoms. The number of barbiturate groups is 1. The summed E-state index contributed by atoms with van der Waals surface area (Å²) in [7, 11) is 1.42. The molecule has 27 heavy (non-hydrogen) atoms. The van der Waals surface area contributed by atoms with Gasteiger partial charge < -0.3 is 4.74 Å². The minimum atomic E-state index is -0.828. The molecule has 1 aliphatic rings. The van der Waals surface area contributed by atoms with E-state index in [1.54, 1.807) is 24.3 Å². The standard InChI is InChI=1S/C18H11BrCl2N2O4/c1-27-15-13(20)6-9(7-14(15)21)5-12-16(24)22-18(26)23(17(12)25)11-4-2-3-10(19)8-11/h2-8H,1H3,(H,22,24,26)/b12-5-. The molecule has 0 bridgehead atoms. The SMILES string of the molecule is COc1c(Cl)cc(/C=C2/C(=O)NC(=O)N(c3cccc(Br)c3)C2=O)cc1Cl. The monoisotopic (exact) mass is 468 g/mol. The lowest BCUT2D eigenvalue weighted by molar-refractivity contribution is -0.122. The summed E-state index contributed by atoms with van der Waals surface area (Å²) in [4.78, 5) is 38.1. The van der Waals surface area contributed by atoms with Crippen molar-refractivity contribution in [3.63, 3.8) is 0 Å². The molecule has 0 atom stereocenters. The first kappa shape index (κ1) is 19.4. The summed E-state index contributed by atoms with van der Waals surface area (Å²) in [5.41, 5.74) is 0.496. The topological polar surface area (TPSA) is 75.7 Å². The van der Waals surface area contributed by atoms with Crippen LogP contribution >= 0.6 is 39.1 Å². The molecule has 1 saturated heterocycles. The number of halogens is 3. The van der Waals surface area contributed by atoms with Gasteiger partial charge in [-0.1, -0.05) is 45.2 Å². The molecule has 2 aromatic rings. The van der Waals surface area contributed by atoms with E-state index in [0.717, 1.165) is 4.90 Å². The summed E-state index contributed by atoms with van der Waals surface area (Å²) in [6.45, 7) is 0. The van der Waals surface area contributed by atoms with E-state index in [0.29, 0.717) is 15.7 Å². The molecular weight excluding hydrogens is 459 g/mol. The zero-order chi connectivity index (χ0) is 19.7. The summed E-state index contributed by atoms with van der Waals surface area (Å²) in [6, 6.07) is 8.76. The Bertz CT molecular complexity index is 984. The molecule has 1 fully saturated rings. The lowest BCUT2D eigenvalue weighted by Crippen LogP contribution is -2.54. The first-order valence-electron chi connectivity index (χ1n) is 7.52. The van der Waals surface area contributed by atoms with Crippen molar-refractivity contribution >= 4 is 68.7 Å². The van der Waals surface area contributed by atoms with Crippen LogP contribution in [0.1, 0.15) is 5.56 Å². The molecule has 2 aromatic carbocycles. The third-order valence-electron chi connectivity index (χ3n) is 3.70. The van der Waals surface area contributed by atoms with E-state index in [4.69, 9.17) is 27.9 Å². The Labute approximate surface area is 172 Å². The van der Waals surface area contributed by atoms with Gasteiger partial charge in [0.25, 0.3) is 11.8 Å². The predicted octanol–water partition coefficient (Wildman–Crippen LogP) is 4.43. The van der Waals surface area contributed by atoms with E-state index in [2.05, 4.69) is 21.2 Å². The maximum atomic E-state index is 12.8. The van der Waals surface area contributed by atoms with Gasteiger partial charge in [-0.05, 0) is 42.0 Å². The van der Waals surface area contributed by atoms with Crippen LogP contribution in [0.2, 0.25) is 10.0 Å². The number of ether oxygens (including phenoxy) is 1. The number of imide groups is 2. The van der Waals surface area contributed by atoms with Crippen LogP contribution in [0.15, 0.2) is 46.4 Å². The second-order valence-corrected chi connectivity index (χ2v) is 7.19. The van der Waals surface area contributed by atoms with Crippen molar-refractivity contribution in [2.75, 3.05) is 12.0 Å². The highest BCUT2D eigenvalue weighted by Crippen LogP contribution is 2.35. The molecule has 0 aromatic heterocycles. The van der Waals surface area contributed by atoms with Crippen LogP contribution in [0.5, 0.6) is 5.75 Å². The first-order chi connectivity index (χ1) is 12.8. The van der Waals surface area contributed by atoms with E-state index in [1.807, 2.05) is 0 Å². The Morgan fingerprint density at radius 1 is 1.11 bits per heavy atom. The van der Waals surface area contributed by atoms with E-state index < -0.39 is 17.8 Å². The second kappa shape index (κ2) is 7.72. The molecule has 9 heteroatoms. The fraction of sp³-hybridized carbons (Fsp3) is 0.0556. The molecule has 6 nitrogen and oxygen atoms in total. The highest BCUT2D eigenvalue weighted by atomic mass is 79.9. The average Bonchev–Trinajstić information content (AvgIpc) is 2.58. The molecule has 0 aliphatic carbocycles. The van der Waals surface area contributed by atoms with E-state index in [1.165, 1.54) is 25.3 Å². The van der Waals surface area contributed by atoms with Gasteiger partial charge in [-0.3, -0.25) is 14.9 Å². The van der Waals surface area contributed by atoms with E-state index in [9.17, 15) is 14.4 Å². The van der Waals surface area contributed by atoms with Gasteiger partial charge in [0.15, 0.2) is 5.75 Å². The van der Waals surface area contributed by atoms with Crippen molar-refractivity contribution in [2.45, 2.75) is 0 Å². The third-order valence-corrected chi connectivity index (χ3v) is 4.76. The van der Waals surface area contributed by atoms with Crippen molar-refractivity contribution in [2.24, 2.45) is 0 Å². The Morgan fingerprint density at radius 2 is 1.78 bits per heavy atom. The van der Waals surface area contributed by atoms with Gasteiger partial charge in [0.2, 0.25) is 0 Å². The van der Waals surface area contributed by atoms with Gasteiger partial charge in [-0.2, -0.15) is 0 Å². The van der Waals surface area contributed by atoms with Crippen molar-refractivity contribution in [3.05, 3.63) is 62.1 Å². The van der Waals surface area contributed by atoms with Gasteiger partial charge in [-0.15, -0.1) is 0 Å². The second-order valence-electron chi connectivity index (χ2n) is 5.46. The Balaban J connectivity index is 2.04. The molecule has 1 N–H and O–H groups in total. The van der Waals surface area contributed by atoms with Crippen molar-refractivity contribution in [1.29, 1.82) is 0 Å². The summed E-state index contributed by atoms with van der Waals surface area (Å²) in [6.07, 6.45) is 1.31. The lowest BCUT2D eigenvalue weighted by Gasteiger charge is -2.26. The largest absolute Gasteiger partial charge is 0.494 e. The highest BCUT2D eigenvalue weighted by Gasteiger charge is 2.36. The number of methoxy groups -OCH3 is 1. The number of carbonyl (C=O) groups excluding carboxylic acids is 3. The van der Waals surface area contributed by atoms with Gasteiger partial charge in [-0.25, -0.2) is 9.69 Å². The maximum Gasteiger partial charge on any atom is 0.335 e. The molecule has 138 valence electrons. The fourth-order valence-electron chi connectivity index (χ4n) is 2.53.